The molecule has 0 aromatic carbocycles. The van der Waals surface area contributed by atoms with Gasteiger partial charge in [-0.25, -0.2) is 9.50 Å². The maximum Gasteiger partial charge on any atom is 0.251 e. The molecule has 0 spiro atoms. The summed E-state index contributed by atoms with van der Waals surface area (Å²) in [6.45, 7) is 2.79. The van der Waals surface area contributed by atoms with Gasteiger partial charge in [-0.15, -0.1) is 0 Å². The molecule has 3 aromatic rings. The number of aromatic nitrogens is 4. The minimum Gasteiger partial charge on any atom is -0.316 e. The highest BCUT2D eigenvalue weighted by atomic mass is 16.1. The molecule has 5 heterocycles. The molecule has 0 amide bonds. The standard InChI is InChI=1S/C17H17N5O/c23-17-7-12(14-1-2-16-19-3-4-22(16)20-14)6-15-13-5-11(8-18-9-13)10-21(15)17/h1-4,6-7,11,13,18H,5,8-10H2/t11-,13+/m0/s1. The van der Waals surface area contributed by atoms with Gasteiger partial charge in [-0.05, 0) is 37.1 Å². The second-order valence-corrected chi connectivity index (χ2v) is 6.52. The van der Waals surface area contributed by atoms with E-state index in [9.17, 15) is 4.79 Å². The molecule has 6 nitrogen and oxygen atoms in total. The predicted octanol–water partition coefficient (Wildman–Crippen LogP) is 1.26. The lowest BCUT2D eigenvalue weighted by molar-refractivity contribution is 0.257. The molecule has 3 aromatic heterocycles. The molecule has 0 unspecified atom stereocenters. The number of hydrogen-bond acceptors (Lipinski definition) is 4. The van der Waals surface area contributed by atoms with E-state index in [1.54, 1.807) is 16.8 Å². The van der Waals surface area contributed by atoms with Crippen molar-refractivity contribution in [3.63, 3.8) is 0 Å². The molecular weight excluding hydrogens is 290 g/mol. The van der Waals surface area contributed by atoms with E-state index >= 15 is 0 Å². The normalized spacial score (nSPS) is 23.0. The van der Waals surface area contributed by atoms with Crippen LogP contribution in [0.1, 0.15) is 18.0 Å². The average molecular weight is 307 g/mol. The third-order valence-corrected chi connectivity index (χ3v) is 5.01. The SMILES string of the molecule is O=c1cc(-c2ccc3nccn3n2)cc2n1C[C@@H]1CNC[C@H]2C1. The van der Waals surface area contributed by atoms with Crippen LogP contribution >= 0.6 is 0 Å². The number of nitrogens with zero attached hydrogens (tertiary/aromatic N) is 4. The summed E-state index contributed by atoms with van der Waals surface area (Å²) in [5.41, 5.74) is 3.73. The second kappa shape index (κ2) is 4.76. The first-order chi connectivity index (χ1) is 11.3. The van der Waals surface area contributed by atoms with Gasteiger partial charge in [-0.3, -0.25) is 4.79 Å². The van der Waals surface area contributed by atoms with Crippen molar-refractivity contribution < 1.29 is 0 Å². The van der Waals surface area contributed by atoms with Crippen LogP contribution in [0.5, 0.6) is 0 Å². The monoisotopic (exact) mass is 307 g/mol. The Bertz CT molecular complexity index is 957. The molecule has 6 heteroatoms. The third kappa shape index (κ3) is 2.02. The molecular formula is C17H17N5O. The number of imidazole rings is 1. The quantitative estimate of drug-likeness (QED) is 0.735. The number of piperidine rings is 1. The fourth-order valence-corrected chi connectivity index (χ4v) is 3.92. The van der Waals surface area contributed by atoms with Gasteiger partial charge in [-0.2, -0.15) is 5.10 Å². The lowest BCUT2D eigenvalue weighted by Gasteiger charge is -2.37. The molecule has 5 rings (SSSR count). The first kappa shape index (κ1) is 13.0. The van der Waals surface area contributed by atoms with E-state index in [1.165, 1.54) is 6.42 Å². The van der Waals surface area contributed by atoms with Crippen LogP contribution in [-0.2, 0) is 6.54 Å². The molecule has 0 aliphatic carbocycles. The topological polar surface area (TPSA) is 64.2 Å². The summed E-state index contributed by atoms with van der Waals surface area (Å²) in [5.74, 6) is 0.998. The highest BCUT2D eigenvalue weighted by Crippen LogP contribution is 2.33. The predicted molar refractivity (Wildman–Crippen MR) is 86.4 cm³/mol. The van der Waals surface area contributed by atoms with Gasteiger partial charge < -0.3 is 9.88 Å². The van der Waals surface area contributed by atoms with Crippen molar-refractivity contribution in [1.82, 2.24) is 24.5 Å². The highest BCUT2D eigenvalue weighted by Gasteiger charge is 2.31. The Balaban J connectivity index is 1.67. The zero-order valence-electron chi connectivity index (χ0n) is 12.6. The highest BCUT2D eigenvalue weighted by molar-refractivity contribution is 5.60. The van der Waals surface area contributed by atoms with Crippen LogP contribution < -0.4 is 10.9 Å². The van der Waals surface area contributed by atoms with E-state index in [2.05, 4.69) is 21.5 Å². The van der Waals surface area contributed by atoms with Gasteiger partial charge in [0.1, 0.15) is 0 Å². The Hall–Kier alpha value is -2.47. The van der Waals surface area contributed by atoms with Gasteiger partial charge in [-0.1, -0.05) is 0 Å². The molecule has 116 valence electrons. The van der Waals surface area contributed by atoms with Crippen molar-refractivity contribution in [3.8, 4) is 11.3 Å². The maximum absolute atomic E-state index is 12.6. The Labute approximate surface area is 132 Å². The van der Waals surface area contributed by atoms with Gasteiger partial charge in [0.25, 0.3) is 5.56 Å². The molecule has 0 radical (unpaired) electrons. The number of fused-ring (bicyclic) bond motifs is 5. The Kier molecular flexibility index (Phi) is 2.69. The number of nitrogens with one attached hydrogen (secondary N) is 1. The fraction of sp³-hybridized carbons (Fsp3) is 0.353. The molecule has 1 fully saturated rings. The van der Waals surface area contributed by atoms with Crippen LogP contribution in [0, 0.1) is 5.92 Å². The van der Waals surface area contributed by atoms with Gasteiger partial charge >= 0.3 is 0 Å². The van der Waals surface area contributed by atoms with Crippen molar-refractivity contribution in [1.29, 1.82) is 0 Å². The lowest BCUT2D eigenvalue weighted by Crippen LogP contribution is -2.44. The summed E-state index contributed by atoms with van der Waals surface area (Å²) < 4.78 is 3.70. The van der Waals surface area contributed by atoms with Crippen molar-refractivity contribution in [2.75, 3.05) is 13.1 Å². The van der Waals surface area contributed by atoms with Crippen LogP contribution in [-0.4, -0.2) is 32.3 Å². The molecule has 2 atom stereocenters. The Morgan fingerprint density at radius 2 is 2.17 bits per heavy atom. The van der Waals surface area contributed by atoms with E-state index in [0.29, 0.717) is 11.8 Å². The summed E-state index contributed by atoms with van der Waals surface area (Å²) in [6, 6.07) is 7.71. The summed E-state index contributed by atoms with van der Waals surface area (Å²) in [5, 5.41) is 8.05. The van der Waals surface area contributed by atoms with E-state index in [4.69, 9.17) is 0 Å². The van der Waals surface area contributed by atoms with Crippen LogP contribution in [0.15, 0.2) is 41.5 Å². The molecule has 2 aliphatic rings. The van der Waals surface area contributed by atoms with Gasteiger partial charge in [0, 0.05) is 48.7 Å². The second-order valence-electron chi connectivity index (χ2n) is 6.52. The fourth-order valence-electron chi connectivity index (χ4n) is 3.92. The van der Waals surface area contributed by atoms with Crippen LogP contribution in [0.25, 0.3) is 16.9 Å². The minimum atomic E-state index is 0.0848. The smallest absolute Gasteiger partial charge is 0.251 e. The lowest BCUT2D eigenvalue weighted by atomic mass is 9.83. The van der Waals surface area contributed by atoms with Crippen LogP contribution in [0.4, 0.5) is 0 Å². The van der Waals surface area contributed by atoms with E-state index < -0.39 is 0 Å². The molecule has 1 N–H and O–H groups in total. The van der Waals surface area contributed by atoms with Crippen molar-refractivity contribution in [3.05, 3.63) is 52.7 Å². The first-order valence-electron chi connectivity index (χ1n) is 8.04. The Morgan fingerprint density at radius 1 is 1.22 bits per heavy atom. The zero-order valence-corrected chi connectivity index (χ0v) is 12.6. The Morgan fingerprint density at radius 3 is 3.13 bits per heavy atom. The molecule has 0 saturated carbocycles. The molecule has 2 aliphatic heterocycles. The first-order valence-corrected chi connectivity index (χ1v) is 8.04. The summed E-state index contributed by atoms with van der Waals surface area (Å²) in [4.78, 5) is 16.8. The van der Waals surface area contributed by atoms with Crippen molar-refractivity contribution in [2.45, 2.75) is 18.9 Å². The average Bonchev–Trinajstić information content (AvgIpc) is 3.03. The number of pyridine rings is 1. The van der Waals surface area contributed by atoms with Crippen LogP contribution in [0.3, 0.4) is 0 Å². The molecule has 1 saturated heterocycles. The van der Waals surface area contributed by atoms with Crippen molar-refractivity contribution >= 4 is 5.65 Å². The summed E-state index contributed by atoms with van der Waals surface area (Å²) in [7, 11) is 0. The molecule has 2 bridgehead atoms. The van der Waals surface area contributed by atoms with Gasteiger partial charge in [0.15, 0.2) is 5.65 Å². The maximum atomic E-state index is 12.6. The van der Waals surface area contributed by atoms with Crippen molar-refractivity contribution in [2.24, 2.45) is 5.92 Å². The largest absolute Gasteiger partial charge is 0.316 e. The van der Waals surface area contributed by atoms with Gasteiger partial charge in [0.05, 0.1) is 5.69 Å². The summed E-state index contributed by atoms with van der Waals surface area (Å²) >= 11 is 0. The number of rotatable bonds is 1. The third-order valence-electron chi connectivity index (χ3n) is 5.01. The molecule has 23 heavy (non-hydrogen) atoms. The van der Waals surface area contributed by atoms with E-state index in [1.807, 2.05) is 22.9 Å². The van der Waals surface area contributed by atoms with E-state index in [-0.39, 0.29) is 5.56 Å². The number of hydrogen-bond donors (Lipinski definition) is 1. The van der Waals surface area contributed by atoms with Gasteiger partial charge in [0.2, 0.25) is 0 Å². The summed E-state index contributed by atoms with van der Waals surface area (Å²) in [6.07, 6.45) is 4.71. The zero-order chi connectivity index (χ0) is 15.4. The van der Waals surface area contributed by atoms with Crippen LogP contribution in [0.2, 0.25) is 0 Å². The van der Waals surface area contributed by atoms with E-state index in [0.717, 1.165) is 42.2 Å². The minimum absolute atomic E-state index is 0.0848.